The third-order valence-electron chi connectivity index (χ3n) is 4.65. The molecule has 7 heteroatoms. The van der Waals surface area contributed by atoms with E-state index in [1.807, 2.05) is 60.7 Å². The quantitative estimate of drug-likeness (QED) is 0.270. The van der Waals surface area contributed by atoms with Gasteiger partial charge in [-0.05, 0) is 28.6 Å². The first-order chi connectivity index (χ1) is 15.2. The van der Waals surface area contributed by atoms with Crippen LogP contribution < -0.4 is 0 Å². The SMILES string of the molecule is [N-]=[N+]=Nc1ccc(C=CC=C2CC(=O)CC(=CC=Cc3ccc(N=[N+]=[N-])cc3)C2)cc1. The van der Waals surface area contributed by atoms with Gasteiger partial charge in [-0.3, -0.25) is 4.79 Å². The van der Waals surface area contributed by atoms with E-state index in [0.29, 0.717) is 24.2 Å². The number of azide groups is 2. The zero-order valence-electron chi connectivity index (χ0n) is 16.8. The van der Waals surface area contributed by atoms with E-state index >= 15 is 0 Å². The van der Waals surface area contributed by atoms with Crippen molar-refractivity contribution in [2.45, 2.75) is 19.3 Å². The standard InChI is InChI=1S/C24H20N6O/c25-29-27-22-11-7-18(8-12-22)3-1-5-20-15-21(17-24(31)16-20)6-2-4-19-9-13-23(14-10-19)28-30-26/h1-14H,15-17H2. The van der Waals surface area contributed by atoms with Crippen molar-refractivity contribution in [1.82, 2.24) is 0 Å². The zero-order valence-corrected chi connectivity index (χ0v) is 16.8. The fourth-order valence-electron chi connectivity index (χ4n) is 3.22. The number of hydrogen-bond donors (Lipinski definition) is 0. The third kappa shape index (κ3) is 6.91. The fraction of sp³-hybridized carbons (Fsp3) is 0.125. The number of benzene rings is 2. The molecule has 3 rings (SSSR count). The molecule has 1 aliphatic rings. The molecule has 0 saturated heterocycles. The molecule has 0 N–H and O–H groups in total. The van der Waals surface area contributed by atoms with Gasteiger partial charge in [0, 0.05) is 34.0 Å². The Labute approximate surface area is 180 Å². The van der Waals surface area contributed by atoms with Gasteiger partial charge in [0.15, 0.2) is 0 Å². The maximum Gasteiger partial charge on any atom is 0.140 e. The number of Topliss-reactive ketones (excluding diaryl/α,β-unsaturated/α-hetero) is 1. The maximum absolute atomic E-state index is 12.1. The van der Waals surface area contributed by atoms with Crippen molar-refractivity contribution in [3.05, 3.63) is 116 Å². The molecule has 0 atom stereocenters. The van der Waals surface area contributed by atoms with Crippen LogP contribution in [0.3, 0.4) is 0 Å². The lowest BCUT2D eigenvalue weighted by Gasteiger charge is -2.15. The lowest BCUT2D eigenvalue weighted by Crippen LogP contribution is -2.09. The Balaban J connectivity index is 1.63. The first-order valence-electron chi connectivity index (χ1n) is 9.70. The van der Waals surface area contributed by atoms with Crippen molar-refractivity contribution in [3.8, 4) is 0 Å². The van der Waals surface area contributed by atoms with Crippen molar-refractivity contribution in [2.75, 3.05) is 0 Å². The van der Waals surface area contributed by atoms with Gasteiger partial charge in [-0.15, -0.1) is 0 Å². The number of carbonyl (C=O) groups excluding carboxylic acids is 1. The summed E-state index contributed by atoms with van der Waals surface area (Å²) >= 11 is 0. The van der Waals surface area contributed by atoms with Crippen molar-refractivity contribution in [3.63, 3.8) is 0 Å². The number of hydrogen-bond acceptors (Lipinski definition) is 3. The van der Waals surface area contributed by atoms with E-state index in [9.17, 15) is 4.79 Å². The van der Waals surface area contributed by atoms with Crippen molar-refractivity contribution >= 4 is 29.3 Å². The van der Waals surface area contributed by atoms with Gasteiger partial charge in [0.25, 0.3) is 0 Å². The van der Waals surface area contributed by atoms with E-state index in [0.717, 1.165) is 28.7 Å². The van der Waals surface area contributed by atoms with Crippen molar-refractivity contribution < 1.29 is 4.79 Å². The predicted octanol–water partition coefficient (Wildman–Crippen LogP) is 7.90. The number of nitrogens with zero attached hydrogens (tertiary/aromatic N) is 6. The third-order valence-corrected chi connectivity index (χ3v) is 4.65. The second-order valence-corrected chi connectivity index (χ2v) is 7.00. The van der Waals surface area contributed by atoms with Crippen LogP contribution in [0.25, 0.3) is 33.0 Å². The van der Waals surface area contributed by atoms with E-state index in [4.69, 9.17) is 11.1 Å². The molecule has 0 bridgehead atoms. The summed E-state index contributed by atoms with van der Waals surface area (Å²) in [6.07, 6.45) is 13.5. The van der Waals surface area contributed by atoms with E-state index in [1.54, 1.807) is 24.3 Å². The van der Waals surface area contributed by atoms with Crippen LogP contribution in [0.1, 0.15) is 30.4 Å². The van der Waals surface area contributed by atoms with Gasteiger partial charge in [0.2, 0.25) is 0 Å². The van der Waals surface area contributed by atoms with Crippen LogP contribution in [-0.2, 0) is 4.79 Å². The van der Waals surface area contributed by atoms with Crippen LogP contribution in [-0.4, -0.2) is 5.78 Å². The molecule has 0 aromatic heterocycles. The maximum atomic E-state index is 12.1. The molecule has 152 valence electrons. The van der Waals surface area contributed by atoms with Crippen molar-refractivity contribution in [2.24, 2.45) is 10.2 Å². The van der Waals surface area contributed by atoms with Gasteiger partial charge < -0.3 is 0 Å². The molecule has 0 amide bonds. The molecular formula is C24H20N6O. The Morgan fingerprint density at radius 3 is 1.48 bits per heavy atom. The molecule has 1 saturated carbocycles. The summed E-state index contributed by atoms with van der Waals surface area (Å²) in [4.78, 5) is 17.7. The van der Waals surface area contributed by atoms with Crippen molar-refractivity contribution in [1.29, 1.82) is 0 Å². The predicted molar refractivity (Wildman–Crippen MR) is 124 cm³/mol. The highest BCUT2D eigenvalue weighted by molar-refractivity contribution is 5.85. The number of rotatable bonds is 6. The number of carbonyl (C=O) groups is 1. The highest BCUT2D eigenvalue weighted by Crippen LogP contribution is 2.26. The highest BCUT2D eigenvalue weighted by atomic mass is 16.1. The van der Waals surface area contributed by atoms with Gasteiger partial charge in [0.1, 0.15) is 5.78 Å². The Kier molecular flexibility index (Phi) is 7.61. The molecule has 2 aromatic carbocycles. The largest absolute Gasteiger partial charge is 0.299 e. The highest BCUT2D eigenvalue weighted by Gasteiger charge is 2.16. The first-order valence-corrected chi connectivity index (χ1v) is 9.70. The average molecular weight is 408 g/mol. The zero-order chi connectivity index (χ0) is 21.9. The van der Waals surface area contributed by atoms with Crippen LogP contribution in [0, 0.1) is 0 Å². The Morgan fingerprint density at radius 2 is 1.10 bits per heavy atom. The smallest absolute Gasteiger partial charge is 0.140 e. The molecule has 0 radical (unpaired) electrons. The molecule has 0 spiro atoms. The molecule has 1 fully saturated rings. The molecule has 0 heterocycles. The monoisotopic (exact) mass is 408 g/mol. The lowest BCUT2D eigenvalue weighted by molar-refractivity contribution is -0.118. The average Bonchev–Trinajstić information content (AvgIpc) is 2.76. The van der Waals surface area contributed by atoms with Gasteiger partial charge in [-0.2, -0.15) is 0 Å². The Bertz CT molecular complexity index is 1070. The van der Waals surface area contributed by atoms with Crippen LogP contribution in [0.2, 0.25) is 0 Å². The summed E-state index contributed by atoms with van der Waals surface area (Å²) in [5.74, 6) is 0.211. The molecule has 31 heavy (non-hydrogen) atoms. The van der Waals surface area contributed by atoms with Crippen LogP contribution in [0.15, 0.2) is 94.2 Å². The van der Waals surface area contributed by atoms with E-state index in [2.05, 4.69) is 20.1 Å². The molecule has 1 aliphatic carbocycles. The Hall–Kier alpha value is -4.31. The van der Waals surface area contributed by atoms with Gasteiger partial charge >= 0.3 is 0 Å². The molecule has 0 unspecified atom stereocenters. The fourth-order valence-corrected chi connectivity index (χ4v) is 3.22. The van der Waals surface area contributed by atoms with E-state index < -0.39 is 0 Å². The van der Waals surface area contributed by atoms with Gasteiger partial charge in [0.05, 0.1) is 0 Å². The lowest BCUT2D eigenvalue weighted by atomic mass is 9.88. The van der Waals surface area contributed by atoms with Crippen LogP contribution in [0.5, 0.6) is 0 Å². The summed E-state index contributed by atoms with van der Waals surface area (Å²) in [7, 11) is 0. The number of allylic oxidation sites excluding steroid dienone is 6. The summed E-state index contributed by atoms with van der Waals surface area (Å²) in [5, 5.41) is 7.10. The summed E-state index contributed by atoms with van der Waals surface area (Å²) in [6.45, 7) is 0. The second kappa shape index (κ2) is 11.0. The summed E-state index contributed by atoms with van der Waals surface area (Å²) < 4.78 is 0. The summed E-state index contributed by atoms with van der Waals surface area (Å²) in [6, 6.07) is 14.5. The minimum absolute atomic E-state index is 0.211. The van der Waals surface area contributed by atoms with Gasteiger partial charge in [-0.1, -0.05) is 106 Å². The molecular weight excluding hydrogens is 388 g/mol. The first kappa shape index (κ1) is 21.4. The molecule has 2 aromatic rings. The van der Waals surface area contributed by atoms with Crippen LogP contribution in [0.4, 0.5) is 11.4 Å². The Morgan fingerprint density at radius 1 is 0.677 bits per heavy atom. The summed E-state index contributed by atoms with van der Waals surface area (Å²) in [5.41, 5.74) is 22.2. The number of ketones is 1. The normalized spacial score (nSPS) is 16.6. The van der Waals surface area contributed by atoms with E-state index in [-0.39, 0.29) is 5.78 Å². The minimum atomic E-state index is 0.211. The topological polar surface area (TPSA) is 115 Å². The van der Waals surface area contributed by atoms with Crippen LogP contribution >= 0.6 is 0 Å². The minimum Gasteiger partial charge on any atom is -0.299 e. The van der Waals surface area contributed by atoms with Gasteiger partial charge in [-0.25, -0.2) is 0 Å². The molecule has 0 aliphatic heterocycles. The van der Waals surface area contributed by atoms with E-state index in [1.165, 1.54) is 0 Å². The molecule has 7 nitrogen and oxygen atoms in total. The second-order valence-electron chi connectivity index (χ2n) is 7.00.